The Morgan fingerprint density at radius 3 is 2.48 bits per heavy atom. The fourth-order valence-electron chi connectivity index (χ4n) is 2.42. The van der Waals surface area contributed by atoms with E-state index < -0.39 is 0 Å². The summed E-state index contributed by atoms with van der Waals surface area (Å²) in [4.78, 5) is 14.2. The maximum Gasteiger partial charge on any atom is 0.264 e. The molecule has 0 radical (unpaired) electrons. The topological polar surface area (TPSA) is 77.1 Å². The highest BCUT2D eigenvalue weighted by Crippen LogP contribution is 2.23. The number of hydrogen-bond acceptors (Lipinski definition) is 4. The zero-order valence-electron chi connectivity index (χ0n) is 14.3. The maximum atomic E-state index is 12.6. The molecule has 0 spiro atoms. The van der Waals surface area contributed by atoms with E-state index in [4.69, 9.17) is 15.3 Å². The van der Waals surface area contributed by atoms with E-state index in [0.717, 1.165) is 16.8 Å². The molecular weight excluding hydrogens is 314 g/mol. The van der Waals surface area contributed by atoms with Gasteiger partial charge < -0.3 is 9.64 Å². The molecule has 2 rings (SSSR count). The second-order valence-corrected chi connectivity index (χ2v) is 5.60. The van der Waals surface area contributed by atoms with E-state index in [1.807, 2.05) is 38.1 Å². The van der Waals surface area contributed by atoms with Crippen molar-refractivity contribution in [3.8, 4) is 17.9 Å². The summed E-state index contributed by atoms with van der Waals surface area (Å²) in [5.74, 6) is 0.307. The number of ether oxygens (including phenoxy) is 1. The third kappa shape index (κ3) is 4.59. The van der Waals surface area contributed by atoms with Crippen molar-refractivity contribution in [2.45, 2.75) is 20.3 Å². The number of rotatable bonds is 6. The molecule has 0 bridgehead atoms. The number of carbonyl (C=O) groups excluding carboxylic acids is 1. The van der Waals surface area contributed by atoms with Crippen molar-refractivity contribution >= 4 is 11.6 Å². The predicted molar refractivity (Wildman–Crippen MR) is 95.2 cm³/mol. The van der Waals surface area contributed by atoms with Crippen molar-refractivity contribution in [2.75, 3.05) is 18.1 Å². The quantitative estimate of drug-likeness (QED) is 0.810. The average molecular weight is 333 g/mol. The Kier molecular flexibility index (Phi) is 6.14. The Bertz CT molecular complexity index is 830. The lowest BCUT2D eigenvalue weighted by Crippen LogP contribution is -2.36. The molecule has 0 saturated heterocycles. The summed E-state index contributed by atoms with van der Waals surface area (Å²) in [5, 5.41) is 17.7. The number of nitriles is 2. The summed E-state index contributed by atoms with van der Waals surface area (Å²) in [6.45, 7) is 4.12. The number of aryl methyl sites for hydroxylation is 1. The van der Waals surface area contributed by atoms with Gasteiger partial charge in [-0.15, -0.1) is 0 Å². The first-order chi connectivity index (χ1) is 12.1. The Hall–Kier alpha value is -3.31. The molecule has 2 aromatic carbocycles. The van der Waals surface area contributed by atoms with Crippen LogP contribution in [-0.4, -0.2) is 19.1 Å². The van der Waals surface area contributed by atoms with Crippen LogP contribution in [-0.2, 0) is 4.79 Å². The second-order valence-electron chi connectivity index (χ2n) is 5.60. The number of nitrogens with zero attached hydrogens (tertiary/aromatic N) is 3. The van der Waals surface area contributed by atoms with Crippen LogP contribution in [0.5, 0.6) is 5.75 Å². The Labute approximate surface area is 147 Å². The molecule has 0 fully saturated rings. The molecule has 2 aromatic rings. The molecule has 0 aliphatic carbocycles. The molecule has 0 N–H and O–H groups in total. The van der Waals surface area contributed by atoms with Crippen LogP contribution in [0.25, 0.3) is 0 Å². The maximum absolute atomic E-state index is 12.6. The molecule has 0 unspecified atom stereocenters. The number of hydrogen-bond donors (Lipinski definition) is 0. The highest BCUT2D eigenvalue weighted by atomic mass is 16.5. The van der Waals surface area contributed by atoms with Crippen molar-refractivity contribution < 1.29 is 9.53 Å². The van der Waals surface area contributed by atoms with Gasteiger partial charge in [-0.25, -0.2) is 0 Å². The fraction of sp³-hybridized carbons (Fsp3) is 0.250. The minimum atomic E-state index is -0.215. The van der Waals surface area contributed by atoms with Crippen LogP contribution in [0, 0.1) is 36.5 Å². The molecule has 0 saturated carbocycles. The van der Waals surface area contributed by atoms with Gasteiger partial charge >= 0.3 is 0 Å². The van der Waals surface area contributed by atoms with Crippen LogP contribution >= 0.6 is 0 Å². The van der Waals surface area contributed by atoms with Crippen LogP contribution in [0.1, 0.15) is 23.1 Å². The summed E-state index contributed by atoms with van der Waals surface area (Å²) in [6, 6.07) is 16.5. The van der Waals surface area contributed by atoms with Crippen molar-refractivity contribution in [1.29, 1.82) is 10.5 Å². The first kappa shape index (κ1) is 18.0. The molecule has 0 aromatic heterocycles. The fourth-order valence-corrected chi connectivity index (χ4v) is 2.42. The van der Waals surface area contributed by atoms with Gasteiger partial charge in [0.1, 0.15) is 5.75 Å². The lowest BCUT2D eigenvalue weighted by molar-refractivity contribution is -0.120. The van der Waals surface area contributed by atoms with E-state index in [-0.39, 0.29) is 18.9 Å². The first-order valence-corrected chi connectivity index (χ1v) is 7.93. The number of amides is 1. The highest BCUT2D eigenvalue weighted by molar-refractivity contribution is 5.95. The van der Waals surface area contributed by atoms with E-state index in [0.29, 0.717) is 17.9 Å². The van der Waals surface area contributed by atoms with E-state index >= 15 is 0 Å². The molecule has 0 atom stereocenters. The van der Waals surface area contributed by atoms with E-state index in [9.17, 15) is 4.79 Å². The van der Waals surface area contributed by atoms with Crippen molar-refractivity contribution in [3.63, 3.8) is 0 Å². The Morgan fingerprint density at radius 2 is 1.84 bits per heavy atom. The Balaban J connectivity index is 2.14. The molecule has 5 heteroatoms. The number of carbonyl (C=O) groups is 1. The minimum absolute atomic E-state index is 0.134. The minimum Gasteiger partial charge on any atom is -0.484 e. The van der Waals surface area contributed by atoms with E-state index in [1.165, 1.54) is 0 Å². The summed E-state index contributed by atoms with van der Waals surface area (Å²) in [7, 11) is 0. The predicted octanol–water partition coefficient (Wildman–Crippen LogP) is 3.50. The van der Waals surface area contributed by atoms with E-state index in [1.54, 1.807) is 29.2 Å². The van der Waals surface area contributed by atoms with Gasteiger partial charge in [-0.1, -0.05) is 12.1 Å². The zero-order valence-corrected chi connectivity index (χ0v) is 14.3. The standard InChI is InChI=1S/C20H19N3O2/c1-15-5-3-6-19(16(15)2)23(12-4-11-21)20(24)14-25-18-9-7-17(13-22)8-10-18/h3,5-10H,4,12,14H2,1-2H3. The monoisotopic (exact) mass is 333 g/mol. The van der Waals surface area contributed by atoms with E-state index in [2.05, 4.69) is 6.07 Å². The smallest absolute Gasteiger partial charge is 0.264 e. The lowest BCUT2D eigenvalue weighted by Gasteiger charge is -2.24. The van der Waals surface area contributed by atoms with Crippen molar-refractivity contribution in [3.05, 3.63) is 59.2 Å². The van der Waals surface area contributed by atoms with Crippen molar-refractivity contribution in [1.82, 2.24) is 0 Å². The molecule has 0 aliphatic rings. The van der Waals surface area contributed by atoms with Gasteiger partial charge in [0.15, 0.2) is 6.61 Å². The van der Waals surface area contributed by atoms with Gasteiger partial charge in [0.05, 0.1) is 24.1 Å². The van der Waals surface area contributed by atoms with Gasteiger partial charge in [0.25, 0.3) is 5.91 Å². The summed E-state index contributed by atoms with van der Waals surface area (Å²) in [6.07, 6.45) is 0.246. The average Bonchev–Trinajstić information content (AvgIpc) is 2.64. The third-order valence-corrected chi connectivity index (χ3v) is 3.96. The second kappa shape index (κ2) is 8.52. The molecule has 0 aliphatic heterocycles. The largest absolute Gasteiger partial charge is 0.484 e. The SMILES string of the molecule is Cc1cccc(N(CCC#N)C(=O)COc2ccc(C#N)cc2)c1C. The van der Waals surface area contributed by atoms with Crippen LogP contribution in [0.3, 0.4) is 0 Å². The van der Waals surface area contributed by atoms with Crippen LogP contribution in [0.15, 0.2) is 42.5 Å². The van der Waals surface area contributed by atoms with Crippen LogP contribution in [0.2, 0.25) is 0 Å². The molecule has 5 nitrogen and oxygen atoms in total. The highest BCUT2D eigenvalue weighted by Gasteiger charge is 2.18. The summed E-state index contributed by atoms with van der Waals surface area (Å²) < 4.78 is 5.54. The van der Waals surface area contributed by atoms with Crippen LogP contribution < -0.4 is 9.64 Å². The normalized spacial score (nSPS) is 9.76. The number of benzene rings is 2. The van der Waals surface area contributed by atoms with Gasteiger partial charge in [-0.2, -0.15) is 10.5 Å². The number of anilines is 1. The lowest BCUT2D eigenvalue weighted by atomic mass is 10.1. The van der Waals surface area contributed by atoms with Gasteiger partial charge in [0.2, 0.25) is 0 Å². The zero-order chi connectivity index (χ0) is 18.2. The van der Waals surface area contributed by atoms with Gasteiger partial charge in [-0.05, 0) is 55.3 Å². The van der Waals surface area contributed by atoms with Crippen molar-refractivity contribution in [2.24, 2.45) is 0 Å². The van der Waals surface area contributed by atoms with Gasteiger partial charge in [-0.3, -0.25) is 4.79 Å². The molecule has 25 heavy (non-hydrogen) atoms. The first-order valence-electron chi connectivity index (χ1n) is 7.93. The molecular formula is C20H19N3O2. The van der Waals surface area contributed by atoms with Crippen LogP contribution in [0.4, 0.5) is 5.69 Å². The van der Waals surface area contributed by atoms with Gasteiger partial charge in [0, 0.05) is 12.2 Å². The molecule has 1 amide bonds. The summed E-state index contributed by atoms with van der Waals surface area (Å²) in [5.41, 5.74) is 3.42. The third-order valence-electron chi connectivity index (χ3n) is 3.96. The summed E-state index contributed by atoms with van der Waals surface area (Å²) >= 11 is 0. The molecule has 126 valence electrons. The Morgan fingerprint density at radius 1 is 1.12 bits per heavy atom. The molecule has 0 heterocycles.